The Labute approximate surface area is 98.1 Å². The molecule has 0 radical (unpaired) electrons. The molecule has 1 heterocycles. The van der Waals surface area contributed by atoms with Gasteiger partial charge in [0.05, 0.1) is 6.10 Å². The summed E-state index contributed by atoms with van der Waals surface area (Å²) in [5, 5.41) is 0. The number of epoxide rings is 1. The van der Waals surface area contributed by atoms with E-state index in [1.165, 1.54) is 32.1 Å². The zero-order valence-corrected chi connectivity index (χ0v) is 10.4. The first-order valence-electron chi connectivity index (χ1n) is 6.72. The molecule has 92 valence electrons. The fourth-order valence-corrected chi connectivity index (χ4v) is 2.86. The molecule has 1 saturated carbocycles. The Hall–Kier alpha value is -0.570. The van der Waals surface area contributed by atoms with Crippen molar-refractivity contribution in [1.82, 2.24) is 4.90 Å². The lowest BCUT2D eigenvalue weighted by Crippen LogP contribution is -2.35. The highest BCUT2D eigenvalue weighted by Crippen LogP contribution is 2.39. The van der Waals surface area contributed by atoms with Gasteiger partial charge < -0.3 is 9.64 Å². The summed E-state index contributed by atoms with van der Waals surface area (Å²) in [6, 6.07) is 0. The topological polar surface area (TPSA) is 32.8 Å². The molecule has 2 rings (SSSR count). The highest BCUT2D eigenvalue weighted by molar-refractivity contribution is 5.83. The molecule has 16 heavy (non-hydrogen) atoms. The fraction of sp³-hybridized carbons (Fsp3) is 0.923. The number of rotatable bonds is 4. The van der Waals surface area contributed by atoms with E-state index in [0.717, 1.165) is 13.1 Å². The SMILES string of the molecule is CCN(CC)C(=O)[C@H]1O[C@@H]1C1CCCCC1. The van der Waals surface area contributed by atoms with Gasteiger partial charge in [0.25, 0.3) is 5.91 Å². The molecule has 2 atom stereocenters. The fourth-order valence-electron chi connectivity index (χ4n) is 2.86. The van der Waals surface area contributed by atoms with Crippen molar-refractivity contribution in [2.75, 3.05) is 13.1 Å². The summed E-state index contributed by atoms with van der Waals surface area (Å²) in [6.45, 7) is 5.65. The number of carbonyl (C=O) groups excluding carboxylic acids is 1. The van der Waals surface area contributed by atoms with Gasteiger partial charge >= 0.3 is 0 Å². The summed E-state index contributed by atoms with van der Waals surface area (Å²) in [5.74, 6) is 0.860. The number of hydrogen-bond donors (Lipinski definition) is 0. The molecule has 1 amide bonds. The van der Waals surface area contributed by atoms with Crippen LogP contribution in [0.4, 0.5) is 0 Å². The van der Waals surface area contributed by atoms with Gasteiger partial charge in [0.1, 0.15) is 0 Å². The summed E-state index contributed by atoms with van der Waals surface area (Å²) >= 11 is 0. The maximum atomic E-state index is 12.0. The second-order valence-electron chi connectivity index (χ2n) is 4.93. The second-order valence-corrected chi connectivity index (χ2v) is 4.93. The molecule has 0 aromatic heterocycles. The molecular weight excluding hydrogens is 202 g/mol. The minimum atomic E-state index is -0.108. The Bertz CT molecular complexity index is 244. The molecule has 2 fully saturated rings. The smallest absolute Gasteiger partial charge is 0.254 e. The van der Waals surface area contributed by atoms with E-state index < -0.39 is 0 Å². The Morgan fingerprint density at radius 1 is 1.19 bits per heavy atom. The lowest BCUT2D eigenvalue weighted by atomic mass is 9.86. The third kappa shape index (κ3) is 2.40. The Morgan fingerprint density at radius 3 is 2.38 bits per heavy atom. The van der Waals surface area contributed by atoms with Crippen LogP contribution in [0.25, 0.3) is 0 Å². The summed E-state index contributed by atoms with van der Waals surface area (Å²) in [4.78, 5) is 13.9. The molecule has 0 unspecified atom stereocenters. The first-order chi connectivity index (χ1) is 7.77. The summed E-state index contributed by atoms with van der Waals surface area (Å²) in [5.41, 5.74) is 0. The van der Waals surface area contributed by atoms with Crippen LogP contribution in [0.2, 0.25) is 0 Å². The summed E-state index contributed by atoms with van der Waals surface area (Å²) in [7, 11) is 0. The zero-order chi connectivity index (χ0) is 11.5. The average molecular weight is 225 g/mol. The maximum absolute atomic E-state index is 12.0. The third-order valence-electron chi connectivity index (χ3n) is 3.96. The molecule has 0 aromatic carbocycles. The van der Waals surface area contributed by atoms with Crippen molar-refractivity contribution >= 4 is 5.91 Å². The molecule has 0 N–H and O–H groups in total. The lowest BCUT2D eigenvalue weighted by Gasteiger charge is -2.20. The van der Waals surface area contributed by atoms with Crippen molar-refractivity contribution < 1.29 is 9.53 Å². The second kappa shape index (κ2) is 5.17. The van der Waals surface area contributed by atoms with E-state index in [1.54, 1.807) is 0 Å². The van der Waals surface area contributed by atoms with Gasteiger partial charge in [-0.05, 0) is 32.6 Å². The standard InChI is InChI=1S/C13H23NO2/c1-3-14(4-2)13(15)12-11(16-12)10-8-6-5-7-9-10/h10-12H,3-9H2,1-2H3/t11-,12+/m1/s1. The molecular formula is C13H23NO2. The summed E-state index contributed by atoms with van der Waals surface area (Å²) in [6.07, 6.45) is 6.64. The van der Waals surface area contributed by atoms with Crippen LogP contribution < -0.4 is 0 Å². The lowest BCUT2D eigenvalue weighted by molar-refractivity contribution is -0.132. The van der Waals surface area contributed by atoms with Crippen LogP contribution >= 0.6 is 0 Å². The van der Waals surface area contributed by atoms with Crippen molar-refractivity contribution in [3.05, 3.63) is 0 Å². The minimum absolute atomic E-state index is 0.108. The number of likely N-dealkylation sites (N-methyl/N-ethyl adjacent to an activating group) is 1. The highest BCUT2D eigenvalue weighted by Gasteiger charge is 2.50. The van der Waals surface area contributed by atoms with Crippen LogP contribution in [-0.2, 0) is 9.53 Å². The van der Waals surface area contributed by atoms with Gasteiger partial charge in [-0.15, -0.1) is 0 Å². The first-order valence-corrected chi connectivity index (χ1v) is 6.72. The van der Waals surface area contributed by atoms with Crippen molar-refractivity contribution in [1.29, 1.82) is 0 Å². The molecule has 1 aliphatic carbocycles. The normalized spacial score (nSPS) is 30.1. The van der Waals surface area contributed by atoms with E-state index in [2.05, 4.69) is 0 Å². The zero-order valence-electron chi connectivity index (χ0n) is 10.4. The van der Waals surface area contributed by atoms with Crippen LogP contribution in [0, 0.1) is 5.92 Å². The number of amides is 1. The monoisotopic (exact) mass is 225 g/mol. The predicted molar refractivity (Wildman–Crippen MR) is 63.2 cm³/mol. The molecule has 0 aromatic rings. The van der Waals surface area contributed by atoms with Gasteiger partial charge in [0, 0.05) is 13.1 Å². The van der Waals surface area contributed by atoms with Crippen LogP contribution in [0.1, 0.15) is 46.0 Å². The van der Waals surface area contributed by atoms with Crippen molar-refractivity contribution in [2.24, 2.45) is 5.92 Å². The van der Waals surface area contributed by atoms with E-state index in [9.17, 15) is 4.79 Å². The molecule has 1 saturated heterocycles. The number of carbonyl (C=O) groups is 1. The molecule has 3 nitrogen and oxygen atoms in total. The number of nitrogens with zero attached hydrogens (tertiary/aromatic N) is 1. The Balaban J connectivity index is 1.83. The van der Waals surface area contributed by atoms with Crippen molar-refractivity contribution in [3.63, 3.8) is 0 Å². The van der Waals surface area contributed by atoms with Gasteiger partial charge in [-0.2, -0.15) is 0 Å². The van der Waals surface area contributed by atoms with Crippen LogP contribution in [0.5, 0.6) is 0 Å². The van der Waals surface area contributed by atoms with E-state index in [-0.39, 0.29) is 18.1 Å². The van der Waals surface area contributed by atoms with Gasteiger partial charge in [-0.3, -0.25) is 4.79 Å². The quantitative estimate of drug-likeness (QED) is 0.687. The van der Waals surface area contributed by atoms with Crippen molar-refractivity contribution in [3.8, 4) is 0 Å². The largest absolute Gasteiger partial charge is 0.359 e. The summed E-state index contributed by atoms with van der Waals surface area (Å²) < 4.78 is 5.61. The van der Waals surface area contributed by atoms with E-state index >= 15 is 0 Å². The molecule has 1 aliphatic heterocycles. The Kier molecular flexibility index (Phi) is 3.85. The molecule has 0 bridgehead atoms. The number of hydrogen-bond acceptors (Lipinski definition) is 2. The number of ether oxygens (including phenoxy) is 1. The van der Waals surface area contributed by atoms with Crippen LogP contribution in [0.3, 0.4) is 0 Å². The molecule has 0 spiro atoms. The maximum Gasteiger partial charge on any atom is 0.254 e. The van der Waals surface area contributed by atoms with E-state index in [1.807, 2.05) is 18.7 Å². The molecule has 3 heteroatoms. The van der Waals surface area contributed by atoms with E-state index in [4.69, 9.17) is 4.74 Å². The van der Waals surface area contributed by atoms with Crippen LogP contribution in [0.15, 0.2) is 0 Å². The minimum Gasteiger partial charge on any atom is -0.359 e. The van der Waals surface area contributed by atoms with Crippen molar-refractivity contribution in [2.45, 2.75) is 58.2 Å². The van der Waals surface area contributed by atoms with Gasteiger partial charge in [-0.25, -0.2) is 0 Å². The highest BCUT2D eigenvalue weighted by atomic mass is 16.6. The predicted octanol–water partition coefficient (Wildman–Crippen LogP) is 2.20. The van der Waals surface area contributed by atoms with Gasteiger partial charge in [0.2, 0.25) is 0 Å². The van der Waals surface area contributed by atoms with Crippen LogP contribution in [-0.4, -0.2) is 36.1 Å². The molecule has 2 aliphatic rings. The van der Waals surface area contributed by atoms with Gasteiger partial charge in [-0.1, -0.05) is 19.3 Å². The first kappa shape index (κ1) is 11.9. The third-order valence-corrected chi connectivity index (χ3v) is 3.96. The average Bonchev–Trinajstić information content (AvgIpc) is 3.11. The Morgan fingerprint density at radius 2 is 1.81 bits per heavy atom. The van der Waals surface area contributed by atoms with E-state index in [0.29, 0.717) is 5.92 Å². The van der Waals surface area contributed by atoms with Gasteiger partial charge in [0.15, 0.2) is 6.10 Å².